The summed E-state index contributed by atoms with van der Waals surface area (Å²) in [6, 6.07) is 4.16. The van der Waals surface area contributed by atoms with Crippen LogP contribution in [0.5, 0.6) is 5.75 Å². The summed E-state index contributed by atoms with van der Waals surface area (Å²) in [5.41, 5.74) is 0.501. The van der Waals surface area contributed by atoms with Crippen molar-refractivity contribution in [3.05, 3.63) is 29.6 Å². The molecule has 0 amide bonds. The van der Waals surface area contributed by atoms with Crippen molar-refractivity contribution in [2.24, 2.45) is 0 Å². The molecule has 3 nitrogen and oxygen atoms in total. The van der Waals surface area contributed by atoms with E-state index in [4.69, 9.17) is 14.6 Å². The molecule has 0 aliphatic rings. The van der Waals surface area contributed by atoms with E-state index in [0.29, 0.717) is 31.1 Å². The van der Waals surface area contributed by atoms with Crippen LogP contribution >= 0.6 is 0 Å². The first-order valence-electron chi connectivity index (χ1n) is 4.87. The van der Waals surface area contributed by atoms with Crippen LogP contribution in [-0.4, -0.2) is 24.9 Å². The summed E-state index contributed by atoms with van der Waals surface area (Å²) in [5.74, 6) is 0.00622. The largest absolute Gasteiger partial charge is 0.491 e. The zero-order chi connectivity index (χ0) is 11.1. The zero-order valence-corrected chi connectivity index (χ0v) is 8.70. The van der Waals surface area contributed by atoms with E-state index in [1.165, 1.54) is 12.1 Å². The Morgan fingerprint density at radius 1 is 1.27 bits per heavy atom. The molecule has 1 N–H and O–H groups in total. The van der Waals surface area contributed by atoms with Gasteiger partial charge in [0.1, 0.15) is 18.2 Å². The molecule has 1 aromatic carbocycles. The lowest BCUT2D eigenvalue weighted by molar-refractivity contribution is 0.110. The van der Waals surface area contributed by atoms with Gasteiger partial charge in [-0.15, -0.1) is 0 Å². The third-order valence-corrected chi connectivity index (χ3v) is 1.81. The van der Waals surface area contributed by atoms with Crippen LogP contribution in [0.3, 0.4) is 0 Å². The van der Waals surface area contributed by atoms with Gasteiger partial charge in [0.05, 0.1) is 13.2 Å². The second-order valence-electron chi connectivity index (χ2n) is 3.00. The summed E-state index contributed by atoms with van der Waals surface area (Å²) in [5, 5.41) is 8.85. The molecule has 0 radical (unpaired) electrons. The Kier molecular flexibility index (Phi) is 5.07. The number of rotatable bonds is 6. The van der Waals surface area contributed by atoms with Gasteiger partial charge in [-0.2, -0.15) is 0 Å². The van der Waals surface area contributed by atoms with Crippen molar-refractivity contribution in [1.82, 2.24) is 0 Å². The highest BCUT2D eigenvalue weighted by molar-refractivity contribution is 5.29. The van der Waals surface area contributed by atoms with Gasteiger partial charge in [-0.25, -0.2) is 4.39 Å². The number of ether oxygens (including phenoxy) is 2. The summed E-state index contributed by atoms with van der Waals surface area (Å²) in [6.07, 6.45) is 0. The molecule has 0 fully saturated rings. The summed E-state index contributed by atoms with van der Waals surface area (Å²) >= 11 is 0. The van der Waals surface area contributed by atoms with E-state index in [-0.39, 0.29) is 6.61 Å². The first kappa shape index (κ1) is 11.9. The summed E-state index contributed by atoms with van der Waals surface area (Å²) < 4.78 is 23.3. The second kappa shape index (κ2) is 6.37. The highest BCUT2D eigenvalue weighted by Gasteiger charge is 2.00. The van der Waals surface area contributed by atoms with Crippen molar-refractivity contribution in [1.29, 1.82) is 0 Å². The number of hydrogen-bond acceptors (Lipinski definition) is 3. The lowest BCUT2D eigenvalue weighted by atomic mass is 10.2. The van der Waals surface area contributed by atoms with Gasteiger partial charge in [0.15, 0.2) is 0 Å². The molecule has 15 heavy (non-hydrogen) atoms. The van der Waals surface area contributed by atoms with Crippen LogP contribution in [0.25, 0.3) is 0 Å². The molecule has 0 atom stereocenters. The first-order valence-corrected chi connectivity index (χ1v) is 4.87. The highest BCUT2D eigenvalue weighted by Crippen LogP contribution is 2.16. The maximum atomic E-state index is 13.0. The van der Waals surface area contributed by atoms with Crippen LogP contribution in [0.1, 0.15) is 12.5 Å². The number of halogens is 1. The van der Waals surface area contributed by atoms with Gasteiger partial charge in [-0.05, 0) is 24.6 Å². The van der Waals surface area contributed by atoms with E-state index in [1.807, 2.05) is 6.92 Å². The summed E-state index contributed by atoms with van der Waals surface area (Å²) in [6.45, 7) is 3.18. The number of benzene rings is 1. The monoisotopic (exact) mass is 214 g/mol. The second-order valence-corrected chi connectivity index (χ2v) is 3.00. The number of hydrogen-bond donors (Lipinski definition) is 1. The minimum absolute atomic E-state index is 0.195. The first-order chi connectivity index (χ1) is 7.26. The molecule has 0 aromatic heterocycles. The Hall–Kier alpha value is -1.13. The lowest BCUT2D eigenvalue weighted by Gasteiger charge is -2.07. The number of aliphatic hydroxyl groups excluding tert-OH is 1. The molecule has 84 valence electrons. The van der Waals surface area contributed by atoms with E-state index in [2.05, 4.69) is 0 Å². The quantitative estimate of drug-likeness (QED) is 0.733. The third-order valence-electron chi connectivity index (χ3n) is 1.81. The van der Waals surface area contributed by atoms with Crippen molar-refractivity contribution >= 4 is 0 Å². The Morgan fingerprint density at radius 2 is 2.07 bits per heavy atom. The van der Waals surface area contributed by atoms with E-state index < -0.39 is 5.82 Å². The topological polar surface area (TPSA) is 38.7 Å². The Morgan fingerprint density at radius 3 is 2.73 bits per heavy atom. The molecule has 1 rings (SSSR count). The molecule has 1 aromatic rings. The molecule has 0 aliphatic carbocycles. The Bertz CT molecular complexity index is 302. The van der Waals surface area contributed by atoms with E-state index in [1.54, 1.807) is 6.07 Å². The molecule has 0 spiro atoms. The fourth-order valence-corrected chi connectivity index (χ4v) is 1.16. The predicted molar refractivity (Wildman–Crippen MR) is 54.3 cm³/mol. The molecule has 0 bridgehead atoms. The van der Waals surface area contributed by atoms with Crippen molar-refractivity contribution in [3.63, 3.8) is 0 Å². The minimum Gasteiger partial charge on any atom is -0.491 e. The van der Waals surface area contributed by atoms with Gasteiger partial charge in [-0.3, -0.25) is 0 Å². The van der Waals surface area contributed by atoms with Crippen LogP contribution in [-0.2, 0) is 11.3 Å². The summed E-state index contributed by atoms with van der Waals surface area (Å²) in [7, 11) is 0. The zero-order valence-electron chi connectivity index (χ0n) is 8.70. The van der Waals surface area contributed by atoms with E-state index in [0.717, 1.165) is 0 Å². The molecule has 4 heteroatoms. The SMILES string of the molecule is CCOCCOc1cc(F)cc(CO)c1. The third kappa shape index (κ3) is 4.27. The van der Waals surface area contributed by atoms with Crippen molar-refractivity contribution in [3.8, 4) is 5.75 Å². The van der Waals surface area contributed by atoms with Crippen molar-refractivity contribution in [2.75, 3.05) is 19.8 Å². The standard InChI is InChI=1S/C11H15FO3/c1-2-14-3-4-15-11-6-9(8-13)5-10(12)7-11/h5-7,13H,2-4,8H2,1H3. The predicted octanol–water partition coefficient (Wildman–Crippen LogP) is 1.73. The molecule has 0 saturated heterocycles. The average Bonchev–Trinajstić information content (AvgIpc) is 2.23. The van der Waals surface area contributed by atoms with Gasteiger partial charge >= 0.3 is 0 Å². The molecule has 0 unspecified atom stereocenters. The van der Waals surface area contributed by atoms with Gasteiger partial charge in [0, 0.05) is 12.7 Å². The maximum Gasteiger partial charge on any atom is 0.127 e. The molecule has 0 aliphatic heterocycles. The van der Waals surface area contributed by atoms with Crippen LogP contribution in [0.15, 0.2) is 18.2 Å². The fraction of sp³-hybridized carbons (Fsp3) is 0.455. The maximum absolute atomic E-state index is 13.0. The van der Waals surface area contributed by atoms with Gasteiger partial charge in [0.25, 0.3) is 0 Å². The van der Waals surface area contributed by atoms with Crippen LogP contribution in [0.2, 0.25) is 0 Å². The molecule has 0 saturated carbocycles. The Balaban J connectivity index is 2.49. The minimum atomic E-state index is -0.409. The molecule has 0 heterocycles. The Labute approximate surface area is 88.4 Å². The smallest absolute Gasteiger partial charge is 0.127 e. The molecular weight excluding hydrogens is 199 g/mol. The van der Waals surface area contributed by atoms with Crippen molar-refractivity contribution in [2.45, 2.75) is 13.5 Å². The normalized spacial score (nSPS) is 10.3. The van der Waals surface area contributed by atoms with Crippen molar-refractivity contribution < 1.29 is 19.0 Å². The van der Waals surface area contributed by atoms with E-state index >= 15 is 0 Å². The van der Waals surface area contributed by atoms with Crippen LogP contribution in [0, 0.1) is 5.82 Å². The average molecular weight is 214 g/mol. The number of aliphatic hydroxyl groups is 1. The van der Waals surface area contributed by atoms with Crippen LogP contribution in [0.4, 0.5) is 4.39 Å². The lowest BCUT2D eigenvalue weighted by Crippen LogP contribution is -2.06. The van der Waals surface area contributed by atoms with Gasteiger partial charge < -0.3 is 14.6 Å². The van der Waals surface area contributed by atoms with Crippen LogP contribution < -0.4 is 4.74 Å². The molecular formula is C11H15FO3. The van der Waals surface area contributed by atoms with Gasteiger partial charge in [-0.1, -0.05) is 0 Å². The summed E-state index contributed by atoms with van der Waals surface area (Å²) in [4.78, 5) is 0. The van der Waals surface area contributed by atoms with E-state index in [9.17, 15) is 4.39 Å². The van der Waals surface area contributed by atoms with Gasteiger partial charge in [0.2, 0.25) is 0 Å². The highest BCUT2D eigenvalue weighted by atomic mass is 19.1. The fourth-order valence-electron chi connectivity index (χ4n) is 1.16.